The molecule has 13 heavy (non-hydrogen) atoms. The summed E-state index contributed by atoms with van der Waals surface area (Å²) in [5, 5.41) is 8.71. The van der Waals surface area contributed by atoms with Gasteiger partial charge in [0.1, 0.15) is 0 Å². The first-order chi connectivity index (χ1) is 6.24. The third-order valence-corrected chi connectivity index (χ3v) is 3.41. The molecule has 0 radical (unpaired) electrons. The Morgan fingerprint density at radius 2 is 1.92 bits per heavy atom. The van der Waals surface area contributed by atoms with Crippen molar-refractivity contribution in [1.29, 1.82) is 5.26 Å². The highest BCUT2D eigenvalue weighted by Gasteiger charge is 2.21. The van der Waals surface area contributed by atoms with Crippen molar-refractivity contribution in [2.45, 2.75) is 52.4 Å². The molecular formula is C12H21N. The molecule has 1 aliphatic rings. The van der Waals surface area contributed by atoms with Crippen LogP contribution in [0.15, 0.2) is 0 Å². The topological polar surface area (TPSA) is 23.8 Å². The molecule has 0 unspecified atom stereocenters. The number of hydrogen-bond acceptors (Lipinski definition) is 1. The van der Waals surface area contributed by atoms with Crippen LogP contribution in [0.1, 0.15) is 52.4 Å². The summed E-state index contributed by atoms with van der Waals surface area (Å²) in [5.41, 5.74) is 0. The third kappa shape index (κ3) is 3.38. The van der Waals surface area contributed by atoms with Gasteiger partial charge in [0.2, 0.25) is 0 Å². The standard InChI is InChI=1S/C12H21N/c1-10(2)12(7-8-13)9-11-5-3-4-6-11/h10-12H,3-7,9H2,1-2H3/t12-/m1/s1. The highest BCUT2D eigenvalue weighted by molar-refractivity contribution is 4.81. The molecule has 0 bridgehead atoms. The second kappa shape index (κ2) is 5.27. The lowest BCUT2D eigenvalue weighted by Gasteiger charge is -2.21. The van der Waals surface area contributed by atoms with Crippen molar-refractivity contribution in [3.63, 3.8) is 0 Å². The van der Waals surface area contributed by atoms with E-state index in [1.165, 1.54) is 32.1 Å². The first-order valence-electron chi connectivity index (χ1n) is 5.61. The predicted octanol–water partition coefficient (Wildman–Crippen LogP) is 3.75. The maximum absolute atomic E-state index is 8.71. The molecule has 1 fully saturated rings. The number of nitrogens with zero attached hydrogens (tertiary/aromatic N) is 1. The first-order valence-corrected chi connectivity index (χ1v) is 5.61. The molecule has 1 aliphatic carbocycles. The molecule has 74 valence electrons. The summed E-state index contributed by atoms with van der Waals surface area (Å²) in [7, 11) is 0. The molecule has 1 rings (SSSR count). The third-order valence-electron chi connectivity index (χ3n) is 3.41. The van der Waals surface area contributed by atoms with Gasteiger partial charge in [-0.2, -0.15) is 5.26 Å². The lowest BCUT2D eigenvalue weighted by Crippen LogP contribution is -2.12. The lowest BCUT2D eigenvalue weighted by molar-refractivity contribution is 0.303. The average molecular weight is 179 g/mol. The van der Waals surface area contributed by atoms with E-state index in [2.05, 4.69) is 19.9 Å². The quantitative estimate of drug-likeness (QED) is 0.644. The second-order valence-corrected chi connectivity index (χ2v) is 4.75. The number of rotatable bonds is 4. The van der Waals surface area contributed by atoms with Gasteiger partial charge < -0.3 is 0 Å². The second-order valence-electron chi connectivity index (χ2n) is 4.75. The van der Waals surface area contributed by atoms with Crippen LogP contribution >= 0.6 is 0 Å². The van der Waals surface area contributed by atoms with Crippen molar-refractivity contribution in [3.8, 4) is 6.07 Å². The van der Waals surface area contributed by atoms with Gasteiger partial charge in [-0.15, -0.1) is 0 Å². The Morgan fingerprint density at radius 3 is 2.38 bits per heavy atom. The Balaban J connectivity index is 2.33. The normalized spacial score (nSPS) is 20.5. The Kier molecular flexibility index (Phi) is 4.28. The van der Waals surface area contributed by atoms with E-state index in [0.717, 1.165) is 12.3 Å². The summed E-state index contributed by atoms with van der Waals surface area (Å²) in [6.45, 7) is 4.49. The van der Waals surface area contributed by atoms with Crippen LogP contribution in [-0.2, 0) is 0 Å². The highest BCUT2D eigenvalue weighted by Crippen LogP contribution is 2.33. The average Bonchev–Trinajstić information content (AvgIpc) is 2.56. The van der Waals surface area contributed by atoms with E-state index in [1.807, 2.05) is 0 Å². The first kappa shape index (κ1) is 10.6. The number of nitriles is 1. The molecule has 1 heteroatoms. The van der Waals surface area contributed by atoms with E-state index in [-0.39, 0.29) is 0 Å². The molecule has 1 saturated carbocycles. The Labute approximate surface area is 82.1 Å². The van der Waals surface area contributed by atoms with E-state index in [4.69, 9.17) is 5.26 Å². The van der Waals surface area contributed by atoms with Gasteiger partial charge in [0, 0.05) is 6.42 Å². The molecule has 1 nitrogen and oxygen atoms in total. The Bertz CT molecular complexity index is 172. The predicted molar refractivity (Wildman–Crippen MR) is 55.1 cm³/mol. The minimum absolute atomic E-state index is 0.646. The van der Waals surface area contributed by atoms with E-state index in [1.54, 1.807) is 0 Å². The fourth-order valence-electron chi connectivity index (χ4n) is 2.38. The van der Waals surface area contributed by atoms with Crippen molar-refractivity contribution in [2.24, 2.45) is 17.8 Å². The fourth-order valence-corrected chi connectivity index (χ4v) is 2.38. The van der Waals surface area contributed by atoms with Crippen molar-refractivity contribution in [2.75, 3.05) is 0 Å². The summed E-state index contributed by atoms with van der Waals surface area (Å²) in [6, 6.07) is 2.32. The monoisotopic (exact) mass is 179 g/mol. The van der Waals surface area contributed by atoms with Crippen LogP contribution in [0.3, 0.4) is 0 Å². The summed E-state index contributed by atoms with van der Waals surface area (Å²) in [4.78, 5) is 0. The zero-order chi connectivity index (χ0) is 9.68. The van der Waals surface area contributed by atoms with Crippen LogP contribution in [0.2, 0.25) is 0 Å². The van der Waals surface area contributed by atoms with Crippen LogP contribution in [0.25, 0.3) is 0 Å². The molecule has 0 aliphatic heterocycles. The molecule has 0 aromatic rings. The maximum Gasteiger partial charge on any atom is 0.0624 e. The van der Waals surface area contributed by atoms with Crippen molar-refractivity contribution < 1.29 is 0 Å². The minimum atomic E-state index is 0.646. The molecule has 0 saturated heterocycles. The summed E-state index contributed by atoms with van der Waals surface area (Å²) in [5.74, 6) is 2.26. The van der Waals surface area contributed by atoms with Crippen molar-refractivity contribution in [3.05, 3.63) is 0 Å². The molecule has 0 aromatic heterocycles. The van der Waals surface area contributed by atoms with Crippen LogP contribution in [0, 0.1) is 29.1 Å². The lowest BCUT2D eigenvalue weighted by atomic mass is 9.84. The minimum Gasteiger partial charge on any atom is -0.198 e. The summed E-state index contributed by atoms with van der Waals surface area (Å²) < 4.78 is 0. The van der Waals surface area contributed by atoms with Gasteiger partial charge in [-0.25, -0.2) is 0 Å². The highest BCUT2D eigenvalue weighted by atomic mass is 14.3. The molecular weight excluding hydrogens is 158 g/mol. The van der Waals surface area contributed by atoms with Gasteiger partial charge in [0.25, 0.3) is 0 Å². The molecule has 0 heterocycles. The van der Waals surface area contributed by atoms with Gasteiger partial charge in [0.05, 0.1) is 6.07 Å². The van der Waals surface area contributed by atoms with Gasteiger partial charge in [0.15, 0.2) is 0 Å². The van der Waals surface area contributed by atoms with Gasteiger partial charge in [-0.1, -0.05) is 39.5 Å². The fraction of sp³-hybridized carbons (Fsp3) is 0.917. The molecule has 0 N–H and O–H groups in total. The van der Waals surface area contributed by atoms with Crippen molar-refractivity contribution >= 4 is 0 Å². The van der Waals surface area contributed by atoms with Gasteiger partial charge >= 0.3 is 0 Å². The molecule has 0 aromatic carbocycles. The molecule has 0 amide bonds. The largest absolute Gasteiger partial charge is 0.198 e. The van der Waals surface area contributed by atoms with Crippen molar-refractivity contribution in [1.82, 2.24) is 0 Å². The number of hydrogen-bond donors (Lipinski definition) is 0. The van der Waals surface area contributed by atoms with Crippen LogP contribution in [-0.4, -0.2) is 0 Å². The molecule has 1 atom stereocenters. The van der Waals surface area contributed by atoms with E-state index >= 15 is 0 Å². The van der Waals surface area contributed by atoms with E-state index in [9.17, 15) is 0 Å². The van der Waals surface area contributed by atoms with E-state index in [0.29, 0.717) is 11.8 Å². The SMILES string of the molecule is CC(C)[C@H](CC#N)CC1CCCC1. The zero-order valence-corrected chi connectivity index (χ0v) is 8.92. The van der Waals surface area contributed by atoms with Gasteiger partial charge in [-0.05, 0) is 24.2 Å². The van der Waals surface area contributed by atoms with Crippen LogP contribution in [0.4, 0.5) is 0 Å². The van der Waals surface area contributed by atoms with Gasteiger partial charge in [-0.3, -0.25) is 0 Å². The maximum atomic E-state index is 8.71. The van der Waals surface area contributed by atoms with Crippen LogP contribution < -0.4 is 0 Å². The summed E-state index contributed by atoms with van der Waals surface area (Å²) >= 11 is 0. The molecule has 0 spiro atoms. The van der Waals surface area contributed by atoms with Crippen LogP contribution in [0.5, 0.6) is 0 Å². The Hall–Kier alpha value is -0.510. The zero-order valence-electron chi connectivity index (χ0n) is 8.92. The Morgan fingerprint density at radius 1 is 1.31 bits per heavy atom. The van der Waals surface area contributed by atoms with E-state index < -0.39 is 0 Å². The smallest absolute Gasteiger partial charge is 0.0624 e. The summed E-state index contributed by atoms with van der Waals surface area (Å²) in [6.07, 6.45) is 7.72.